The van der Waals surface area contributed by atoms with Gasteiger partial charge in [-0.2, -0.15) is 19.1 Å². The van der Waals surface area contributed by atoms with Crippen LogP contribution >= 0.6 is 0 Å². The molecule has 1 aliphatic rings. The molecule has 2 N–H and O–H groups in total. The molecule has 0 fully saturated rings. The first kappa shape index (κ1) is 24.9. The highest BCUT2D eigenvalue weighted by Gasteiger charge is 2.26. The van der Waals surface area contributed by atoms with Crippen LogP contribution in [-0.2, 0) is 16.0 Å². The molecule has 8 nitrogen and oxygen atoms in total. The summed E-state index contributed by atoms with van der Waals surface area (Å²) in [5.41, 5.74) is 0.821. The highest BCUT2D eigenvalue weighted by molar-refractivity contribution is 5.97. The third-order valence-electron chi connectivity index (χ3n) is 5.20. The molecule has 3 rings (SSSR count). The second kappa shape index (κ2) is 10.0. The Balaban J connectivity index is 2.19. The fraction of sp³-hybridized carbons (Fsp3) is 0.417. The average Bonchev–Trinajstić information content (AvgIpc) is 3.15. The Bertz CT molecular complexity index is 1140. The lowest BCUT2D eigenvalue weighted by Gasteiger charge is -2.24. The van der Waals surface area contributed by atoms with Gasteiger partial charge in [0, 0.05) is 5.56 Å². The van der Waals surface area contributed by atoms with E-state index in [1.807, 2.05) is 6.07 Å². The first-order valence-electron chi connectivity index (χ1n) is 10.8. The molecule has 0 saturated heterocycles. The zero-order valence-corrected chi connectivity index (χ0v) is 19.4. The van der Waals surface area contributed by atoms with Crippen molar-refractivity contribution in [1.29, 1.82) is 5.26 Å². The Labute approximate surface area is 196 Å². The highest BCUT2D eigenvalue weighted by atomic mass is 19.3. The number of benzene rings is 1. The number of carbonyl (C=O) groups is 2. The van der Waals surface area contributed by atoms with E-state index >= 15 is 0 Å². The number of alkyl halides is 2. The van der Waals surface area contributed by atoms with Crippen molar-refractivity contribution in [2.75, 3.05) is 5.32 Å². The summed E-state index contributed by atoms with van der Waals surface area (Å²) in [7, 11) is 0. The second-order valence-electron chi connectivity index (χ2n) is 9.02. The van der Waals surface area contributed by atoms with Gasteiger partial charge in [-0.3, -0.25) is 4.79 Å². The third-order valence-corrected chi connectivity index (χ3v) is 5.20. The van der Waals surface area contributed by atoms with Crippen LogP contribution < -0.4 is 10.6 Å². The lowest BCUT2D eigenvalue weighted by molar-refractivity contribution is -0.118. The highest BCUT2D eigenvalue weighted by Crippen LogP contribution is 2.36. The molecule has 2 bridgehead atoms. The van der Waals surface area contributed by atoms with E-state index in [1.165, 1.54) is 6.20 Å². The van der Waals surface area contributed by atoms with Gasteiger partial charge in [0.1, 0.15) is 5.60 Å². The molecular weight excluding hydrogens is 444 g/mol. The molecule has 0 unspecified atom stereocenters. The van der Waals surface area contributed by atoms with Crippen molar-refractivity contribution >= 4 is 17.7 Å². The van der Waals surface area contributed by atoms with Gasteiger partial charge in [-0.25, -0.2) is 9.48 Å². The number of carbonyl (C=O) groups excluding carboxylic acids is 2. The molecule has 34 heavy (non-hydrogen) atoms. The summed E-state index contributed by atoms with van der Waals surface area (Å²) in [5.74, 6) is -0.970. The van der Waals surface area contributed by atoms with Crippen molar-refractivity contribution < 1.29 is 23.1 Å². The van der Waals surface area contributed by atoms with E-state index in [2.05, 4.69) is 15.7 Å². The van der Waals surface area contributed by atoms with Crippen LogP contribution in [0.2, 0.25) is 0 Å². The quantitative estimate of drug-likeness (QED) is 0.605. The van der Waals surface area contributed by atoms with Crippen molar-refractivity contribution in [2.24, 2.45) is 5.92 Å². The first-order valence-corrected chi connectivity index (χ1v) is 10.8. The van der Waals surface area contributed by atoms with Gasteiger partial charge in [0.2, 0.25) is 5.91 Å². The van der Waals surface area contributed by atoms with Crippen molar-refractivity contribution in [2.45, 2.75) is 58.7 Å². The molecule has 180 valence electrons. The van der Waals surface area contributed by atoms with Gasteiger partial charge in [-0.05, 0) is 44.4 Å². The Morgan fingerprint density at radius 1 is 1.41 bits per heavy atom. The number of hydrogen-bond acceptors (Lipinski definition) is 5. The van der Waals surface area contributed by atoms with Crippen molar-refractivity contribution in [3.63, 3.8) is 0 Å². The minimum Gasteiger partial charge on any atom is -0.444 e. The maximum atomic E-state index is 13.8. The van der Waals surface area contributed by atoms with Crippen molar-refractivity contribution in [3.8, 4) is 17.3 Å². The van der Waals surface area contributed by atoms with Crippen LogP contribution in [0.4, 0.5) is 19.3 Å². The van der Waals surface area contributed by atoms with E-state index in [9.17, 15) is 23.6 Å². The molecule has 1 aromatic carbocycles. The van der Waals surface area contributed by atoms with Crippen molar-refractivity contribution in [1.82, 2.24) is 15.1 Å². The number of nitrogens with zero attached hydrogens (tertiary/aromatic N) is 3. The maximum Gasteiger partial charge on any atom is 0.408 e. The lowest BCUT2D eigenvalue weighted by atomic mass is 9.93. The number of halogens is 2. The first-order chi connectivity index (χ1) is 16.0. The molecule has 2 aromatic rings. The second-order valence-corrected chi connectivity index (χ2v) is 9.02. The fourth-order valence-electron chi connectivity index (χ4n) is 3.62. The maximum absolute atomic E-state index is 13.8. The van der Waals surface area contributed by atoms with E-state index < -0.39 is 36.1 Å². The minimum absolute atomic E-state index is 0.0109. The summed E-state index contributed by atoms with van der Waals surface area (Å²) in [5, 5.41) is 18.6. The molecule has 2 amide bonds. The Morgan fingerprint density at radius 2 is 2.15 bits per heavy atom. The molecule has 0 saturated carbocycles. The molecule has 1 aromatic heterocycles. The van der Waals surface area contributed by atoms with Gasteiger partial charge in [-0.1, -0.05) is 31.2 Å². The monoisotopic (exact) mass is 471 g/mol. The normalized spacial score (nSPS) is 19.2. The SMILES string of the molecule is C[C@@H]1/C=C/C[C@H](NC(=O)OC(C)(C)C)c2ccc(CC#N)c(c2)-c2c(cnn2C(F)F)NC1=O. The van der Waals surface area contributed by atoms with Crippen LogP contribution in [0.5, 0.6) is 0 Å². The van der Waals surface area contributed by atoms with E-state index in [0.717, 1.165) is 0 Å². The average molecular weight is 472 g/mol. The smallest absolute Gasteiger partial charge is 0.408 e. The van der Waals surface area contributed by atoms with E-state index in [4.69, 9.17) is 4.74 Å². The number of nitriles is 1. The minimum atomic E-state index is -2.97. The lowest BCUT2D eigenvalue weighted by Crippen LogP contribution is -2.35. The number of ether oxygens (including phenoxy) is 1. The van der Waals surface area contributed by atoms with Gasteiger partial charge in [0.05, 0.1) is 42.0 Å². The molecular formula is C24H27F2N5O3. The third kappa shape index (κ3) is 5.78. The molecule has 0 radical (unpaired) electrons. The van der Waals surface area contributed by atoms with Crippen LogP contribution in [0.25, 0.3) is 11.3 Å². The van der Waals surface area contributed by atoms with Crippen LogP contribution in [0, 0.1) is 17.2 Å². The summed E-state index contributed by atoms with van der Waals surface area (Å²) in [6.07, 6.45) is 4.28. The summed E-state index contributed by atoms with van der Waals surface area (Å²) in [6.45, 7) is 3.94. The largest absolute Gasteiger partial charge is 0.444 e. The topological polar surface area (TPSA) is 109 Å². The Kier molecular flexibility index (Phi) is 7.35. The number of alkyl carbamates (subject to hydrolysis) is 1. The molecule has 2 heterocycles. The number of fused-ring (bicyclic) bond motifs is 4. The summed E-state index contributed by atoms with van der Waals surface area (Å²) in [4.78, 5) is 25.2. The number of rotatable bonds is 3. The Hall–Kier alpha value is -3.74. The number of nitrogens with one attached hydrogen (secondary N) is 2. The zero-order valence-electron chi connectivity index (χ0n) is 19.4. The van der Waals surface area contributed by atoms with E-state index in [1.54, 1.807) is 58.0 Å². The van der Waals surface area contributed by atoms with Gasteiger partial charge in [0.25, 0.3) is 0 Å². The Morgan fingerprint density at radius 3 is 2.79 bits per heavy atom. The van der Waals surface area contributed by atoms with Crippen molar-refractivity contribution in [3.05, 3.63) is 47.7 Å². The molecule has 0 spiro atoms. The van der Waals surface area contributed by atoms with Gasteiger partial charge in [-0.15, -0.1) is 0 Å². The number of anilines is 1. The standard InChI is InChI=1S/C24H27F2N5O3/c1-14-6-5-7-18(30-23(33)34-24(2,3)4)16-9-8-15(10-11-27)17(12-16)20-19(29-21(14)32)13-28-31(20)22(25)26/h5-6,8-9,12-14,18,22H,7,10H2,1-4H3,(H,29,32)(H,30,33)/b6-5+/t14-,18+/m1/s1. The summed E-state index contributed by atoms with van der Waals surface area (Å²) < 4.78 is 33.6. The summed E-state index contributed by atoms with van der Waals surface area (Å²) >= 11 is 0. The number of aromatic nitrogens is 2. The molecule has 2 atom stereocenters. The van der Waals surface area contributed by atoms with Crippen LogP contribution in [0.3, 0.4) is 0 Å². The molecule has 10 heteroatoms. The van der Waals surface area contributed by atoms with Crippen LogP contribution in [-0.4, -0.2) is 27.4 Å². The zero-order chi connectivity index (χ0) is 25.0. The van der Waals surface area contributed by atoms with Gasteiger partial charge >= 0.3 is 12.6 Å². The predicted octanol–water partition coefficient (Wildman–Crippen LogP) is 5.11. The van der Waals surface area contributed by atoms with Gasteiger partial charge < -0.3 is 15.4 Å². The van der Waals surface area contributed by atoms with E-state index in [0.29, 0.717) is 27.8 Å². The van der Waals surface area contributed by atoms with Crippen LogP contribution in [0.1, 0.15) is 57.8 Å². The molecule has 0 aliphatic carbocycles. The van der Waals surface area contributed by atoms with Crippen LogP contribution in [0.15, 0.2) is 36.5 Å². The summed E-state index contributed by atoms with van der Waals surface area (Å²) in [6, 6.07) is 6.51. The number of amides is 2. The molecule has 1 aliphatic heterocycles. The van der Waals surface area contributed by atoms with E-state index in [-0.39, 0.29) is 17.8 Å². The number of hydrogen-bond donors (Lipinski definition) is 2. The predicted molar refractivity (Wildman–Crippen MR) is 122 cm³/mol. The fourth-order valence-corrected chi connectivity index (χ4v) is 3.62. The van der Waals surface area contributed by atoms with Gasteiger partial charge in [0.15, 0.2) is 0 Å².